The third-order valence-corrected chi connectivity index (χ3v) is 5.58. The van der Waals surface area contributed by atoms with Gasteiger partial charge in [0.15, 0.2) is 5.78 Å². The molecule has 0 N–H and O–H groups in total. The van der Waals surface area contributed by atoms with Crippen LogP contribution in [-0.4, -0.2) is 34.6 Å². The Morgan fingerprint density at radius 2 is 2.12 bits per heavy atom. The number of hydrogen-bond donors (Lipinski definition) is 0. The lowest BCUT2D eigenvalue weighted by Gasteiger charge is -2.16. The number of rotatable bonds is 7. The Balaban J connectivity index is 1.83. The topological polar surface area (TPSA) is 61.2 Å². The Kier molecular flexibility index (Phi) is 5.56. The first-order chi connectivity index (χ1) is 12.4. The van der Waals surface area contributed by atoms with Gasteiger partial charge in [0.25, 0.3) is 0 Å². The fraction of sp³-hybridized carbons (Fsp3) is 0.571. The zero-order valence-corrected chi connectivity index (χ0v) is 16.1. The summed E-state index contributed by atoms with van der Waals surface area (Å²) in [6, 6.07) is 3.98. The highest BCUT2D eigenvalue weighted by molar-refractivity contribution is 6.16. The number of fused-ring (bicyclic) bond motifs is 1. The molecule has 0 spiro atoms. The first-order valence-corrected chi connectivity index (χ1v) is 9.49. The number of nitrogens with zero attached hydrogens (tertiary/aromatic N) is 2. The van der Waals surface area contributed by atoms with Gasteiger partial charge in [0.2, 0.25) is 0 Å². The lowest BCUT2D eigenvalue weighted by molar-refractivity contribution is -0.125. The summed E-state index contributed by atoms with van der Waals surface area (Å²) in [6.07, 6.45) is 3.82. The Hall–Kier alpha value is -2.01. The molecule has 1 heterocycles. The van der Waals surface area contributed by atoms with Gasteiger partial charge in [-0.1, -0.05) is 13.0 Å². The lowest BCUT2D eigenvalue weighted by Crippen LogP contribution is -2.18. The van der Waals surface area contributed by atoms with Gasteiger partial charge in [0.05, 0.1) is 11.7 Å². The standard InChI is InChI=1S/C21H28N2O3/c1-5-26-9-8-13(2)10-15-11-18(24)20(21(15)25)19-14(3)6-7-17-16(19)12-22-23(17)4/h6-7,12-13,15,20H,5,8-11H2,1-4H3. The quantitative estimate of drug-likeness (QED) is 0.562. The van der Waals surface area contributed by atoms with Crippen molar-refractivity contribution in [3.05, 3.63) is 29.5 Å². The molecule has 1 aliphatic carbocycles. The highest BCUT2D eigenvalue weighted by atomic mass is 16.5. The zero-order chi connectivity index (χ0) is 18.8. The molecule has 5 nitrogen and oxygen atoms in total. The summed E-state index contributed by atoms with van der Waals surface area (Å²) in [4.78, 5) is 25.9. The first-order valence-electron chi connectivity index (χ1n) is 9.49. The Morgan fingerprint density at radius 3 is 2.85 bits per heavy atom. The van der Waals surface area contributed by atoms with E-state index in [4.69, 9.17) is 4.74 Å². The minimum Gasteiger partial charge on any atom is -0.382 e. The van der Waals surface area contributed by atoms with Crippen LogP contribution in [0.1, 0.15) is 50.2 Å². The molecule has 1 saturated carbocycles. The fourth-order valence-corrected chi connectivity index (χ4v) is 4.13. The number of ketones is 2. The Labute approximate surface area is 154 Å². The minimum absolute atomic E-state index is 0.0523. The predicted molar refractivity (Wildman–Crippen MR) is 101 cm³/mol. The molecule has 0 amide bonds. The van der Waals surface area contributed by atoms with Crippen molar-refractivity contribution < 1.29 is 14.3 Å². The summed E-state index contributed by atoms with van der Waals surface area (Å²) >= 11 is 0. The van der Waals surface area contributed by atoms with E-state index < -0.39 is 5.92 Å². The van der Waals surface area contributed by atoms with Crippen molar-refractivity contribution >= 4 is 22.5 Å². The van der Waals surface area contributed by atoms with Crippen LogP contribution in [0.3, 0.4) is 0 Å². The van der Waals surface area contributed by atoms with Crippen molar-refractivity contribution in [3.63, 3.8) is 0 Å². The molecule has 1 fully saturated rings. The van der Waals surface area contributed by atoms with Crippen LogP contribution in [-0.2, 0) is 21.4 Å². The molecule has 3 atom stereocenters. The number of benzene rings is 1. The molecule has 26 heavy (non-hydrogen) atoms. The van der Waals surface area contributed by atoms with Crippen LogP contribution in [0, 0.1) is 18.8 Å². The van der Waals surface area contributed by atoms with E-state index in [-0.39, 0.29) is 17.5 Å². The van der Waals surface area contributed by atoms with Crippen LogP contribution >= 0.6 is 0 Å². The van der Waals surface area contributed by atoms with Gasteiger partial charge in [0, 0.05) is 38.0 Å². The maximum Gasteiger partial charge on any atom is 0.151 e. The molecule has 1 aliphatic rings. The van der Waals surface area contributed by atoms with Crippen LogP contribution in [0.4, 0.5) is 0 Å². The van der Waals surface area contributed by atoms with Gasteiger partial charge < -0.3 is 4.74 Å². The van der Waals surface area contributed by atoms with Gasteiger partial charge in [0.1, 0.15) is 11.7 Å². The molecule has 5 heteroatoms. The average Bonchev–Trinajstić information content (AvgIpc) is 3.09. The van der Waals surface area contributed by atoms with Crippen molar-refractivity contribution in [2.24, 2.45) is 18.9 Å². The average molecular weight is 356 g/mol. The summed E-state index contributed by atoms with van der Waals surface area (Å²) in [5.41, 5.74) is 2.80. The molecule has 1 aromatic heterocycles. The smallest absolute Gasteiger partial charge is 0.151 e. The molecule has 0 bridgehead atoms. The Morgan fingerprint density at radius 1 is 1.35 bits per heavy atom. The monoisotopic (exact) mass is 356 g/mol. The second kappa shape index (κ2) is 7.70. The van der Waals surface area contributed by atoms with Crippen LogP contribution < -0.4 is 0 Å². The van der Waals surface area contributed by atoms with Gasteiger partial charge in [-0.05, 0) is 49.8 Å². The molecule has 1 aromatic carbocycles. The highest BCUT2D eigenvalue weighted by Crippen LogP contribution is 2.40. The van der Waals surface area contributed by atoms with Gasteiger partial charge >= 0.3 is 0 Å². The highest BCUT2D eigenvalue weighted by Gasteiger charge is 2.43. The number of Topliss-reactive ketones (excluding diaryl/α,β-unsaturated/α-hetero) is 2. The van der Waals surface area contributed by atoms with Crippen molar-refractivity contribution in [3.8, 4) is 0 Å². The van der Waals surface area contributed by atoms with E-state index in [9.17, 15) is 9.59 Å². The van der Waals surface area contributed by atoms with Crippen molar-refractivity contribution in [2.75, 3.05) is 13.2 Å². The van der Waals surface area contributed by atoms with Crippen molar-refractivity contribution in [1.82, 2.24) is 9.78 Å². The molecule has 2 aromatic rings. The van der Waals surface area contributed by atoms with Crippen LogP contribution in [0.15, 0.2) is 18.3 Å². The van der Waals surface area contributed by atoms with Crippen LogP contribution in [0.25, 0.3) is 10.9 Å². The molecule has 3 rings (SSSR count). The SMILES string of the molecule is CCOCCC(C)CC1CC(=O)C(c2c(C)ccc3c2cnn3C)C1=O. The zero-order valence-electron chi connectivity index (χ0n) is 16.1. The normalized spacial score (nSPS) is 21.7. The number of hydrogen-bond acceptors (Lipinski definition) is 4. The fourth-order valence-electron chi connectivity index (χ4n) is 4.13. The van der Waals surface area contributed by atoms with Crippen LogP contribution in [0.2, 0.25) is 0 Å². The third-order valence-electron chi connectivity index (χ3n) is 5.58. The van der Waals surface area contributed by atoms with E-state index in [0.29, 0.717) is 25.6 Å². The van der Waals surface area contributed by atoms with E-state index >= 15 is 0 Å². The van der Waals surface area contributed by atoms with Crippen LogP contribution in [0.5, 0.6) is 0 Å². The second-order valence-electron chi connectivity index (χ2n) is 7.53. The summed E-state index contributed by atoms with van der Waals surface area (Å²) in [6.45, 7) is 7.52. The second-order valence-corrected chi connectivity index (χ2v) is 7.53. The summed E-state index contributed by atoms with van der Waals surface area (Å²) < 4.78 is 7.20. The molecule has 3 unspecified atom stereocenters. The first kappa shape index (κ1) is 18.8. The molecular formula is C21H28N2O3. The lowest BCUT2D eigenvalue weighted by atomic mass is 9.86. The van der Waals surface area contributed by atoms with E-state index in [1.165, 1.54) is 0 Å². The molecule has 140 valence electrons. The van der Waals surface area contributed by atoms with Gasteiger partial charge in [-0.15, -0.1) is 0 Å². The Bertz CT molecular complexity index is 824. The number of aryl methyl sites for hydroxylation is 2. The predicted octanol–water partition coefficient (Wildman–Crippen LogP) is 3.58. The van der Waals surface area contributed by atoms with E-state index in [1.54, 1.807) is 10.9 Å². The largest absolute Gasteiger partial charge is 0.382 e. The van der Waals surface area contributed by atoms with Gasteiger partial charge in [-0.25, -0.2) is 0 Å². The number of carbonyl (C=O) groups excluding carboxylic acids is 2. The van der Waals surface area contributed by atoms with Gasteiger partial charge in [-0.3, -0.25) is 14.3 Å². The third kappa shape index (κ3) is 3.45. The van der Waals surface area contributed by atoms with Crippen molar-refractivity contribution in [2.45, 2.75) is 46.0 Å². The molecule has 0 saturated heterocycles. The summed E-state index contributed by atoms with van der Waals surface area (Å²) in [7, 11) is 1.88. The number of aromatic nitrogens is 2. The van der Waals surface area contributed by atoms with Gasteiger partial charge in [-0.2, -0.15) is 5.10 Å². The van der Waals surface area contributed by atoms with E-state index in [2.05, 4.69) is 12.0 Å². The number of ether oxygens (including phenoxy) is 1. The number of carbonyl (C=O) groups is 2. The maximum atomic E-state index is 13.1. The van der Waals surface area contributed by atoms with E-state index in [0.717, 1.165) is 34.9 Å². The molecule has 0 radical (unpaired) electrons. The maximum absolute atomic E-state index is 13.1. The summed E-state index contributed by atoms with van der Waals surface area (Å²) in [5.74, 6) is -0.297. The summed E-state index contributed by atoms with van der Waals surface area (Å²) in [5, 5.41) is 5.23. The molecular weight excluding hydrogens is 328 g/mol. The molecule has 0 aliphatic heterocycles. The van der Waals surface area contributed by atoms with Crippen molar-refractivity contribution in [1.29, 1.82) is 0 Å². The van der Waals surface area contributed by atoms with E-state index in [1.807, 2.05) is 33.0 Å². The minimum atomic E-state index is -0.632.